The molecule has 1 amide bonds. The maximum absolute atomic E-state index is 12.2. The quantitative estimate of drug-likeness (QED) is 0.573. The SMILES string of the molecule is CC(C)(N)C(C)(C)NCC1=CC=CC(C(=O)[N-]CCc2c[nH]cn2)[N-]1.[Cu+]. The maximum Gasteiger partial charge on any atom is 1.00 e. The average Bonchev–Trinajstić information content (AvgIpc) is 3.05. The molecule has 0 aliphatic carbocycles. The van der Waals surface area contributed by atoms with Gasteiger partial charge in [0.2, 0.25) is 0 Å². The molecule has 0 aromatic carbocycles. The predicted molar refractivity (Wildman–Crippen MR) is 100 cm³/mol. The van der Waals surface area contributed by atoms with Crippen LogP contribution in [0.1, 0.15) is 33.4 Å². The van der Waals surface area contributed by atoms with Crippen molar-refractivity contribution in [3.63, 3.8) is 0 Å². The fourth-order valence-electron chi connectivity index (χ4n) is 2.12. The number of nitrogens with two attached hydrogens (primary N) is 1. The van der Waals surface area contributed by atoms with Crippen molar-refractivity contribution < 1.29 is 21.9 Å². The van der Waals surface area contributed by atoms with E-state index in [2.05, 4.69) is 39.8 Å². The van der Waals surface area contributed by atoms with Crippen molar-refractivity contribution in [1.29, 1.82) is 0 Å². The summed E-state index contributed by atoms with van der Waals surface area (Å²) in [5, 5.41) is 12.0. The van der Waals surface area contributed by atoms with Crippen molar-refractivity contribution in [3.8, 4) is 0 Å². The van der Waals surface area contributed by atoms with Gasteiger partial charge in [-0.3, -0.25) is 0 Å². The fraction of sp³-hybridized carbons (Fsp3) is 0.556. The molecule has 26 heavy (non-hydrogen) atoms. The number of hydrogen-bond donors (Lipinski definition) is 3. The van der Waals surface area contributed by atoms with Gasteiger partial charge in [-0.2, -0.15) is 0 Å². The Kier molecular flexibility index (Phi) is 8.09. The molecule has 2 heterocycles. The molecule has 8 heteroatoms. The van der Waals surface area contributed by atoms with Crippen LogP contribution in [0, 0.1) is 0 Å². The van der Waals surface area contributed by atoms with Gasteiger partial charge in [0.1, 0.15) is 0 Å². The third-order valence-corrected chi connectivity index (χ3v) is 4.65. The minimum Gasteiger partial charge on any atom is -0.676 e. The Labute approximate surface area is 166 Å². The number of hydrogen-bond acceptors (Lipinski definition) is 4. The van der Waals surface area contributed by atoms with E-state index >= 15 is 0 Å². The Hall–Kier alpha value is -1.60. The standard InChI is InChI=1S/C18H29N6O.Cu/c1-17(2,19)18(3,4)23-11-14-6-5-7-15(24-14)16(25)21-9-8-13-10-20-12-22-13;/h5-7,10,12,15,23H,8-9,11,19H2,1-4H3,(H2,20,21,22,25);/q-1;+1/p-1. The topological polar surface area (TPSA) is 112 Å². The van der Waals surface area contributed by atoms with Gasteiger partial charge in [0.05, 0.1) is 12.0 Å². The second-order valence-electron chi connectivity index (χ2n) is 7.35. The molecule has 0 bridgehead atoms. The molecule has 1 aromatic rings. The zero-order valence-corrected chi connectivity index (χ0v) is 16.7. The summed E-state index contributed by atoms with van der Waals surface area (Å²) < 4.78 is 0. The Bertz CT molecular complexity index is 631. The van der Waals surface area contributed by atoms with E-state index in [4.69, 9.17) is 5.73 Å². The van der Waals surface area contributed by atoms with Crippen LogP contribution in [0.3, 0.4) is 0 Å². The van der Waals surface area contributed by atoms with Crippen LogP contribution in [0.15, 0.2) is 36.4 Å². The van der Waals surface area contributed by atoms with Gasteiger partial charge in [0.25, 0.3) is 0 Å². The van der Waals surface area contributed by atoms with Crippen LogP contribution < -0.4 is 11.1 Å². The molecule has 148 valence electrons. The first-order valence-corrected chi connectivity index (χ1v) is 8.50. The minimum absolute atomic E-state index is 0. The first kappa shape index (κ1) is 22.4. The number of carbonyl (C=O) groups excluding carboxylic acids is 1. The van der Waals surface area contributed by atoms with Crippen LogP contribution in [0.25, 0.3) is 10.6 Å². The summed E-state index contributed by atoms with van der Waals surface area (Å²) in [7, 11) is 0. The molecule has 7 nitrogen and oxygen atoms in total. The minimum atomic E-state index is -0.546. The van der Waals surface area contributed by atoms with E-state index in [-0.39, 0.29) is 34.1 Å². The molecule has 0 fully saturated rings. The van der Waals surface area contributed by atoms with E-state index < -0.39 is 6.04 Å². The monoisotopic (exact) mass is 407 g/mol. The summed E-state index contributed by atoms with van der Waals surface area (Å²) in [5.41, 5.74) is 7.26. The third kappa shape index (κ3) is 6.28. The molecule has 2 rings (SSSR count). The molecule has 0 spiro atoms. The van der Waals surface area contributed by atoms with Crippen molar-refractivity contribution >= 4 is 5.91 Å². The molecular weight excluding hydrogens is 380 g/mol. The summed E-state index contributed by atoms with van der Waals surface area (Å²) in [6.45, 7) is 9.04. The van der Waals surface area contributed by atoms with Crippen LogP contribution >= 0.6 is 0 Å². The molecule has 1 aliphatic rings. The zero-order chi connectivity index (χ0) is 18.5. The summed E-state index contributed by atoms with van der Waals surface area (Å²) in [5.74, 6) is -0.226. The van der Waals surface area contributed by atoms with Crippen LogP contribution in [0.4, 0.5) is 0 Å². The number of nitrogens with one attached hydrogen (secondary N) is 2. The third-order valence-electron chi connectivity index (χ3n) is 4.65. The molecular formula is C18H28CuN6O-. The summed E-state index contributed by atoms with van der Waals surface area (Å²) >= 11 is 0. The molecule has 1 atom stereocenters. The normalized spacial score (nSPS) is 17.1. The predicted octanol–water partition coefficient (Wildman–Crippen LogP) is 2.15. The number of H-pyrrole nitrogens is 1. The second-order valence-corrected chi connectivity index (χ2v) is 7.35. The number of allylic oxidation sites excluding steroid dienone is 2. The average molecular weight is 408 g/mol. The molecule has 0 saturated carbocycles. The van der Waals surface area contributed by atoms with Crippen LogP contribution in [0.5, 0.6) is 0 Å². The van der Waals surface area contributed by atoms with E-state index in [9.17, 15) is 4.79 Å². The number of aromatic nitrogens is 2. The first-order chi connectivity index (χ1) is 11.7. The molecule has 1 unspecified atom stereocenters. The van der Waals surface area contributed by atoms with E-state index in [1.807, 2.05) is 26.0 Å². The van der Waals surface area contributed by atoms with Gasteiger partial charge < -0.3 is 31.5 Å². The fourth-order valence-corrected chi connectivity index (χ4v) is 2.12. The number of amides is 1. The number of aromatic amines is 1. The van der Waals surface area contributed by atoms with E-state index in [1.165, 1.54) is 0 Å². The van der Waals surface area contributed by atoms with Crippen molar-refractivity contribution in [1.82, 2.24) is 15.3 Å². The van der Waals surface area contributed by atoms with Gasteiger partial charge in [-0.05, 0) is 34.1 Å². The molecule has 1 aliphatic heterocycles. The van der Waals surface area contributed by atoms with Crippen LogP contribution in [0.2, 0.25) is 0 Å². The van der Waals surface area contributed by atoms with Gasteiger partial charge in [0, 0.05) is 29.7 Å². The smallest absolute Gasteiger partial charge is 0.676 e. The van der Waals surface area contributed by atoms with Gasteiger partial charge in [-0.25, -0.2) is 4.98 Å². The van der Waals surface area contributed by atoms with Gasteiger partial charge >= 0.3 is 17.1 Å². The second kappa shape index (κ2) is 9.37. The summed E-state index contributed by atoms with van der Waals surface area (Å²) in [4.78, 5) is 19.2. The van der Waals surface area contributed by atoms with E-state index in [0.717, 1.165) is 11.4 Å². The number of nitrogens with zero attached hydrogens (tertiary/aromatic N) is 3. The zero-order valence-electron chi connectivity index (χ0n) is 15.7. The van der Waals surface area contributed by atoms with Gasteiger partial charge in [0.15, 0.2) is 0 Å². The maximum atomic E-state index is 12.2. The Morgan fingerprint density at radius 3 is 2.77 bits per heavy atom. The molecule has 0 radical (unpaired) electrons. The Balaban J connectivity index is 0.00000338. The van der Waals surface area contributed by atoms with Crippen molar-refractivity contribution in [2.75, 3.05) is 13.1 Å². The first-order valence-electron chi connectivity index (χ1n) is 8.50. The van der Waals surface area contributed by atoms with Crippen molar-refractivity contribution in [3.05, 3.63) is 52.8 Å². The summed E-state index contributed by atoms with van der Waals surface area (Å²) in [6.07, 6.45) is 9.58. The van der Waals surface area contributed by atoms with Crippen LogP contribution in [-0.4, -0.2) is 46.1 Å². The molecule has 1 aromatic heterocycles. The number of imidazole rings is 1. The Morgan fingerprint density at radius 1 is 1.42 bits per heavy atom. The van der Waals surface area contributed by atoms with Crippen molar-refractivity contribution in [2.24, 2.45) is 5.73 Å². The van der Waals surface area contributed by atoms with Gasteiger partial charge in [-0.15, -0.1) is 12.2 Å². The van der Waals surface area contributed by atoms with E-state index in [1.54, 1.807) is 18.6 Å². The molecule has 4 N–H and O–H groups in total. The van der Waals surface area contributed by atoms with Gasteiger partial charge in [-0.1, -0.05) is 24.3 Å². The number of carbonyl (C=O) groups is 1. The summed E-state index contributed by atoms with van der Waals surface area (Å²) in [6, 6.07) is -0.546. The Morgan fingerprint density at radius 2 is 2.15 bits per heavy atom. The number of rotatable bonds is 8. The largest absolute Gasteiger partial charge is 1.00 e. The van der Waals surface area contributed by atoms with E-state index in [0.29, 0.717) is 19.5 Å². The van der Waals surface area contributed by atoms with Crippen molar-refractivity contribution in [2.45, 2.75) is 51.2 Å². The molecule has 0 saturated heterocycles. The van der Waals surface area contributed by atoms with Crippen LogP contribution in [-0.2, 0) is 28.3 Å².